The van der Waals surface area contributed by atoms with E-state index in [1.807, 2.05) is 13.2 Å². The van der Waals surface area contributed by atoms with Crippen molar-refractivity contribution >= 4 is 50.7 Å². The van der Waals surface area contributed by atoms with Crippen LogP contribution in [-0.4, -0.2) is 27.0 Å². The zero-order valence-electron chi connectivity index (χ0n) is 10.6. The highest BCUT2D eigenvalue weighted by molar-refractivity contribution is 7.98. The van der Waals surface area contributed by atoms with Gasteiger partial charge in [0.25, 0.3) is 0 Å². The Morgan fingerprint density at radius 2 is 1.89 bits per heavy atom. The second-order valence-corrected chi connectivity index (χ2v) is 7.65. The maximum Gasteiger partial charge on any atom is 0.243 e. The van der Waals surface area contributed by atoms with E-state index >= 15 is 0 Å². The van der Waals surface area contributed by atoms with Gasteiger partial charge < -0.3 is 5.73 Å². The first-order chi connectivity index (χ1) is 8.77. The third-order valence-electron chi connectivity index (χ3n) is 2.36. The minimum absolute atomic E-state index is 0.0232. The van der Waals surface area contributed by atoms with Crippen molar-refractivity contribution in [1.29, 1.82) is 0 Å². The van der Waals surface area contributed by atoms with Crippen molar-refractivity contribution in [2.45, 2.75) is 11.8 Å². The fourth-order valence-electron chi connectivity index (χ4n) is 1.50. The van der Waals surface area contributed by atoms with E-state index in [-0.39, 0.29) is 20.9 Å². The molecule has 0 bridgehead atoms. The second-order valence-electron chi connectivity index (χ2n) is 4.23. The van der Waals surface area contributed by atoms with E-state index in [0.29, 0.717) is 12.2 Å². The molecular formula is C11H16Cl2N2O2S2. The Labute approximate surface area is 128 Å². The lowest BCUT2D eigenvalue weighted by Gasteiger charge is -2.14. The lowest BCUT2D eigenvalue weighted by Crippen LogP contribution is -2.29. The number of rotatable bonds is 6. The summed E-state index contributed by atoms with van der Waals surface area (Å²) in [4.78, 5) is -0.124. The minimum Gasteiger partial charge on any atom is -0.399 e. The number of nitrogen functional groups attached to an aromatic ring is 1. The van der Waals surface area contributed by atoms with Crippen molar-refractivity contribution in [2.24, 2.45) is 5.92 Å². The molecule has 1 rings (SSSR count). The van der Waals surface area contributed by atoms with Gasteiger partial charge in [0, 0.05) is 12.2 Å². The Morgan fingerprint density at radius 3 is 2.37 bits per heavy atom. The fourth-order valence-corrected chi connectivity index (χ4v) is 4.58. The normalized spacial score (nSPS) is 13.5. The van der Waals surface area contributed by atoms with Crippen LogP contribution in [-0.2, 0) is 10.0 Å². The van der Waals surface area contributed by atoms with E-state index in [4.69, 9.17) is 28.9 Å². The van der Waals surface area contributed by atoms with Crippen LogP contribution < -0.4 is 10.5 Å². The standard InChI is InChI=1S/C11H16Cl2N2O2S2/c1-7(6-18-2)5-15-19(16,17)11-9(12)3-8(14)4-10(11)13/h3-4,7,15H,5-6,14H2,1-2H3. The first-order valence-electron chi connectivity index (χ1n) is 5.51. The van der Waals surface area contributed by atoms with Crippen LogP contribution in [0.15, 0.2) is 17.0 Å². The largest absolute Gasteiger partial charge is 0.399 e. The van der Waals surface area contributed by atoms with Gasteiger partial charge in [0.05, 0.1) is 10.0 Å². The highest BCUT2D eigenvalue weighted by Crippen LogP contribution is 2.31. The maximum absolute atomic E-state index is 12.2. The Hall–Kier alpha value is -0.140. The van der Waals surface area contributed by atoms with E-state index in [1.54, 1.807) is 11.8 Å². The lowest BCUT2D eigenvalue weighted by atomic mass is 10.2. The third kappa shape index (κ3) is 4.72. The van der Waals surface area contributed by atoms with E-state index in [1.165, 1.54) is 12.1 Å². The zero-order valence-corrected chi connectivity index (χ0v) is 13.8. The van der Waals surface area contributed by atoms with E-state index in [2.05, 4.69) is 4.72 Å². The van der Waals surface area contributed by atoms with Gasteiger partial charge in [-0.3, -0.25) is 0 Å². The molecule has 19 heavy (non-hydrogen) atoms. The number of halogens is 2. The minimum atomic E-state index is -3.73. The van der Waals surface area contributed by atoms with Gasteiger partial charge >= 0.3 is 0 Å². The molecule has 0 heterocycles. The predicted octanol–water partition coefficient (Wildman–Crippen LogP) is 2.85. The first-order valence-corrected chi connectivity index (χ1v) is 9.14. The summed E-state index contributed by atoms with van der Waals surface area (Å²) in [7, 11) is -3.73. The van der Waals surface area contributed by atoms with Crippen molar-refractivity contribution in [3.8, 4) is 0 Å². The molecule has 0 aliphatic carbocycles. The Kier molecular flexibility index (Phi) is 6.26. The summed E-state index contributed by atoms with van der Waals surface area (Å²) in [5, 5.41) is 0.0463. The van der Waals surface area contributed by atoms with Crippen molar-refractivity contribution in [3.05, 3.63) is 22.2 Å². The van der Waals surface area contributed by atoms with Crippen LogP contribution >= 0.6 is 35.0 Å². The van der Waals surface area contributed by atoms with Gasteiger partial charge in [0.2, 0.25) is 10.0 Å². The highest BCUT2D eigenvalue weighted by Gasteiger charge is 2.22. The van der Waals surface area contributed by atoms with Crippen LogP contribution in [0, 0.1) is 5.92 Å². The molecule has 0 spiro atoms. The molecule has 1 aromatic rings. The molecule has 0 radical (unpaired) electrons. The van der Waals surface area contributed by atoms with E-state index in [9.17, 15) is 8.42 Å². The summed E-state index contributed by atoms with van der Waals surface area (Å²) in [5.41, 5.74) is 5.87. The highest BCUT2D eigenvalue weighted by atomic mass is 35.5. The quantitative estimate of drug-likeness (QED) is 0.779. The maximum atomic E-state index is 12.2. The molecule has 0 saturated carbocycles. The van der Waals surface area contributed by atoms with Crippen LogP contribution in [0.1, 0.15) is 6.92 Å². The van der Waals surface area contributed by atoms with E-state index < -0.39 is 10.0 Å². The monoisotopic (exact) mass is 342 g/mol. The summed E-state index contributed by atoms with van der Waals surface area (Å²) >= 11 is 13.5. The van der Waals surface area contributed by atoms with Crippen molar-refractivity contribution in [1.82, 2.24) is 4.72 Å². The molecule has 1 aromatic carbocycles. The first kappa shape index (κ1) is 16.9. The smallest absolute Gasteiger partial charge is 0.243 e. The Bertz CT molecular complexity index is 527. The van der Waals surface area contributed by atoms with Crippen LogP contribution in [0.2, 0.25) is 10.0 Å². The van der Waals surface area contributed by atoms with Gasteiger partial charge in [-0.25, -0.2) is 13.1 Å². The summed E-state index contributed by atoms with van der Waals surface area (Å²) in [6.45, 7) is 2.30. The molecule has 0 saturated heterocycles. The molecule has 3 N–H and O–H groups in total. The molecule has 1 atom stereocenters. The molecule has 0 aromatic heterocycles. The molecular weight excluding hydrogens is 327 g/mol. The molecule has 0 aliphatic rings. The number of nitrogens with two attached hydrogens (primary N) is 1. The van der Waals surface area contributed by atoms with Crippen molar-refractivity contribution in [2.75, 3.05) is 24.3 Å². The van der Waals surface area contributed by atoms with Crippen LogP contribution in [0.25, 0.3) is 0 Å². The molecule has 0 aliphatic heterocycles. The predicted molar refractivity (Wildman–Crippen MR) is 83.6 cm³/mol. The van der Waals surface area contributed by atoms with Crippen molar-refractivity contribution < 1.29 is 8.42 Å². The molecule has 0 fully saturated rings. The molecule has 108 valence electrons. The summed E-state index contributed by atoms with van der Waals surface area (Å²) in [5.74, 6) is 1.09. The number of nitrogens with one attached hydrogen (secondary N) is 1. The van der Waals surface area contributed by atoms with Crippen LogP contribution in [0.5, 0.6) is 0 Å². The van der Waals surface area contributed by atoms with Crippen molar-refractivity contribution in [3.63, 3.8) is 0 Å². The van der Waals surface area contributed by atoms with Gasteiger partial charge in [-0.2, -0.15) is 11.8 Å². The average molecular weight is 343 g/mol. The summed E-state index contributed by atoms with van der Waals surface area (Å²) < 4.78 is 26.8. The third-order valence-corrected chi connectivity index (χ3v) is 5.61. The number of hydrogen-bond acceptors (Lipinski definition) is 4. The second kappa shape index (κ2) is 7.04. The van der Waals surface area contributed by atoms with E-state index in [0.717, 1.165) is 5.75 Å². The number of sulfonamides is 1. The molecule has 0 amide bonds. The topological polar surface area (TPSA) is 72.2 Å². The van der Waals surface area contributed by atoms with Crippen LogP contribution in [0.4, 0.5) is 5.69 Å². The van der Waals surface area contributed by atoms with Gasteiger partial charge in [0.1, 0.15) is 4.90 Å². The SMILES string of the molecule is CSCC(C)CNS(=O)(=O)c1c(Cl)cc(N)cc1Cl. The molecule has 4 nitrogen and oxygen atoms in total. The number of thioether (sulfide) groups is 1. The average Bonchev–Trinajstić information content (AvgIpc) is 2.25. The summed E-state index contributed by atoms with van der Waals surface area (Å²) in [6, 6.07) is 2.74. The van der Waals surface area contributed by atoms with Gasteiger partial charge in [-0.1, -0.05) is 30.1 Å². The Morgan fingerprint density at radius 1 is 1.37 bits per heavy atom. The number of anilines is 1. The fraction of sp³-hybridized carbons (Fsp3) is 0.455. The Balaban J connectivity index is 2.95. The molecule has 1 unspecified atom stereocenters. The summed E-state index contributed by atoms with van der Waals surface area (Å²) in [6.07, 6.45) is 1.97. The van der Waals surface area contributed by atoms with Gasteiger partial charge in [0.15, 0.2) is 0 Å². The van der Waals surface area contributed by atoms with Crippen LogP contribution in [0.3, 0.4) is 0 Å². The van der Waals surface area contributed by atoms with Gasteiger partial charge in [-0.05, 0) is 30.1 Å². The number of benzene rings is 1. The molecule has 8 heteroatoms. The lowest BCUT2D eigenvalue weighted by molar-refractivity contribution is 0.563. The van der Waals surface area contributed by atoms with Gasteiger partial charge in [-0.15, -0.1) is 0 Å². The zero-order chi connectivity index (χ0) is 14.6. The number of hydrogen-bond donors (Lipinski definition) is 2.